The van der Waals surface area contributed by atoms with Gasteiger partial charge in [-0.2, -0.15) is 0 Å². The highest BCUT2D eigenvalue weighted by Gasteiger charge is 2.19. The van der Waals surface area contributed by atoms with Crippen molar-refractivity contribution in [1.29, 1.82) is 0 Å². The largest absolute Gasteiger partial charge is 0.338 e. The van der Waals surface area contributed by atoms with Crippen molar-refractivity contribution in [3.05, 3.63) is 51.5 Å². The highest BCUT2D eigenvalue weighted by Crippen LogP contribution is 2.18. The van der Waals surface area contributed by atoms with E-state index < -0.39 is 0 Å². The number of thiazole rings is 1. The van der Waals surface area contributed by atoms with Crippen molar-refractivity contribution in [2.45, 2.75) is 26.2 Å². The van der Waals surface area contributed by atoms with Crippen LogP contribution in [0.2, 0.25) is 0 Å². The molecule has 22 heavy (non-hydrogen) atoms. The second kappa shape index (κ2) is 6.76. The fourth-order valence-corrected chi connectivity index (χ4v) is 3.18. The third-order valence-electron chi connectivity index (χ3n) is 3.73. The van der Waals surface area contributed by atoms with E-state index in [4.69, 9.17) is 0 Å². The molecule has 1 aromatic heterocycles. The summed E-state index contributed by atoms with van der Waals surface area (Å²) in [7, 11) is 0. The SMILES string of the molecule is Cc1ccc(C#Cc2ncc(C(=O)N3CCCCC3)s2)cc1. The quantitative estimate of drug-likeness (QED) is 0.756. The van der Waals surface area contributed by atoms with Crippen molar-refractivity contribution in [2.24, 2.45) is 0 Å². The summed E-state index contributed by atoms with van der Waals surface area (Å²) in [5, 5.41) is 0.695. The first kappa shape index (κ1) is 14.8. The number of nitrogens with zero attached hydrogens (tertiary/aromatic N) is 2. The Morgan fingerprint density at radius 3 is 2.59 bits per heavy atom. The number of aryl methyl sites for hydroxylation is 1. The summed E-state index contributed by atoms with van der Waals surface area (Å²) >= 11 is 1.38. The van der Waals surface area contributed by atoms with Crippen LogP contribution in [0.5, 0.6) is 0 Å². The predicted octanol–water partition coefficient (Wildman–Crippen LogP) is 3.48. The third-order valence-corrected chi connectivity index (χ3v) is 4.63. The van der Waals surface area contributed by atoms with Crippen molar-refractivity contribution in [1.82, 2.24) is 9.88 Å². The van der Waals surface area contributed by atoms with Crippen LogP contribution in [-0.2, 0) is 0 Å². The van der Waals surface area contributed by atoms with E-state index in [9.17, 15) is 4.79 Å². The summed E-state index contributed by atoms with van der Waals surface area (Å²) in [4.78, 5) is 19.2. The number of benzene rings is 1. The Kier molecular flexibility index (Phi) is 4.55. The van der Waals surface area contributed by atoms with Gasteiger partial charge < -0.3 is 4.90 Å². The van der Waals surface area contributed by atoms with E-state index in [2.05, 4.69) is 23.7 Å². The summed E-state index contributed by atoms with van der Waals surface area (Å²) in [6, 6.07) is 8.07. The molecule has 0 bridgehead atoms. The van der Waals surface area contributed by atoms with Crippen LogP contribution in [0, 0.1) is 18.8 Å². The number of amides is 1. The summed E-state index contributed by atoms with van der Waals surface area (Å²) in [5.74, 6) is 6.24. The van der Waals surface area contributed by atoms with Crippen LogP contribution in [-0.4, -0.2) is 28.9 Å². The van der Waals surface area contributed by atoms with E-state index in [-0.39, 0.29) is 5.91 Å². The van der Waals surface area contributed by atoms with Crippen LogP contribution >= 0.6 is 11.3 Å². The van der Waals surface area contributed by atoms with Gasteiger partial charge in [-0.1, -0.05) is 23.6 Å². The second-order valence-electron chi connectivity index (χ2n) is 5.50. The maximum absolute atomic E-state index is 12.4. The molecular weight excluding hydrogens is 292 g/mol. The van der Waals surface area contributed by atoms with Gasteiger partial charge in [0.1, 0.15) is 4.88 Å². The van der Waals surface area contributed by atoms with E-state index in [0.29, 0.717) is 9.88 Å². The number of hydrogen-bond acceptors (Lipinski definition) is 3. The van der Waals surface area contributed by atoms with Gasteiger partial charge in [0.2, 0.25) is 0 Å². The fourth-order valence-electron chi connectivity index (χ4n) is 2.45. The molecule has 3 rings (SSSR count). The summed E-state index contributed by atoms with van der Waals surface area (Å²) in [6.07, 6.45) is 5.08. The Hall–Kier alpha value is -2.12. The average molecular weight is 310 g/mol. The number of aromatic nitrogens is 1. The Bertz CT molecular complexity index is 716. The molecule has 1 saturated heterocycles. The van der Waals surface area contributed by atoms with Crippen molar-refractivity contribution in [3.8, 4) is 11.8 Å². The summed E-state index contributed by atoms with van der Waals surface area (Å²) < 4.78 is 0. The van der Waals surface area contributed by atoms with Crippen LogP contribution in [0.4, 0.5) is 0 Å². The normalized spacial score (nSPS) is 14.3. The molecular formula is C18H18N2OS. The van der Waals surface area contributed by atoms with Crippen LogP contribution in [0.15, 0.2) is 30.5 Å². The molecule has 1 aliphatic heterocycles. The van der Waals surface area contributed by atoms with Gasteiger partial charge in [-0.15, -0.1) is 11.3 Å². The number of carbonyl (C=O) groups excluding carboxylic acids is 1. The molecule has 1 aliphatic rings. The second-order valence-corrected chi connectivity index (χ2v) is 6.53. The summed E-state index contributed by atoms with van der Waals surface area (Å²) in [5.41, 5.74) is 2.18. The molecule has 4 heteroatoms. The van der Waals surface area contributed by atoms with Crippen molar-refractivity contribution in [3.63, 3.8) is 0 Å². The summed E-state index contributed by atoms with van der Waals surface area (Å²) in [6.45, 7) is 3.78. The Labute approximate surface area is 135 Å². The van der Waals surface area contributed by atoms with E-state index in [0.717, 1.165) is 31.5 Å². The molecule has 0 aliphatic carbocycles. The maximum Gasteiger partial charge on any atom is 0.265 e. The molecule has 1 fully saturated rings. The van der Waals surface area contributed by atoms with Crippen molar-refractivity contribution >= 4 is 17.2 Å². The zero-order chi connectivity index (χ0) is 15.4. The van der Waals surface area contributed by atoms with E-state index in [1.54, 1.807) is 6.20 Å². The fraction of sp³-hybridized carbons (Fsp3) is 0.333. The number of piperidine rings is 1. The zero-order valence-electron chi connectivity index (χ0n) is 12.6. The van der Waals surface area contributed by atoms with Gasteiger partial charge in [-0.05, 0) is 44.2 Å². The lowest BCUT2D eigenvalue weighted by atomic mass is 10.1. The van der Waals surface area contributed by atoms with Crippen molar-refractivity contribution in [2.75, 3.05) is 13.1 Å². The number of likely N-dealkylation sites (tertiary alicyclic amines) is 1. The lowest BCUT2D eigenvalue weighted by Crippen LogP contribution is -2.35. The van der Waals surface area contributed by atoms with Gasteiger partial charge in [0.05, 0.1) is 6.20 Å². The molecule has 0 N–H and O–H groups in total. The minimum absolute atomic E-state index is 0.0978. The van der Waals surface area contributed by atoms with Crippen LogP contribution in [0.3, 0.4) is 0 Å². The van der Waals surface area contributed by atoms with Gasteiger partial charge in [-0.3, -0.25) is 4.79 Å². The third kappa shape index (κ3) is 3.55. The molecule has 1 aromatic carbocycles. The molecule has 0 unspecified atom stereocenters. The standard InChI is InChI=1S/C18H18N2OS/c1-14-5-7-15(8-6-14)9-10-17-19-13-16(22-17)18(21)20-11-3-2-4-12-20/h5-8,13H,2-4,11-12H2,1H3. The van der Waals surface area contributed by atoms with Crippen LogP contribution in [0.25, 0.3) is 0 Å². The molecule has 1 amide bonds. The van der Waals surface area contributed by atoms with Gasteiger partial charge in [0.25, 0.3) is 5.91 Å². The van der Waals surface area contributed by atoms with E-state index in [1.807, 2.05) is 29.2 Å². The van der Waals surface area contributed by atoms with Crippen LogP contribution < -0.4 is 0 Å². The Balaban J connectivity index is 1.71. The highest BCUT2D eigenvalue weighted by atomic mass is 32.1. The predicted molar refractivity (Wildman–Crippen MR) is 89.0 cm³/mol. The van der Waals surface area contributed by atoms with Gasteiger partial charge >= 0.3 is 0 Å². The number of carbonyl (C=O) groups is 1. The first-order valence-electron chi connectivity index (χ1n) is 7.56. The molecule has 2 heterocycles. The van der Waals surface area contributed by atoms with Gasteiger partial charge in [-0.25, -0.2) is 4.98 Å². The maximum atomic E-state index is 12.4. The lowest BCUT2D eigenvalue weighted by molar-refractivity contribution is 0.0729. The molecule has 0 radical (unpaired) electrons. The smallest absolute Gasteiger partial charge is 0.265 e. The molecule has 3 nitrogen and oxygen atoms in total. The van der Waals surface area contributed by atoms with Gasteiger partial charge in [0, 0.05) is 18.7 Å². The average Bonchev–Trinajstić information content (AvgIpc) is 3.03. The first-order valence-corrected chi connectivity index (χ1v) is 8.38. The van der Waals surface area contributed by atoms with E-state index in [1.165, 1.54) is 23.3 Å². The molecule has 0 saturated carbocycles. The minimum Gasteiger partial charge on any atom is -0.338 e. The monoisotopic (exact) mass is 310 g/mol. The Morgan fingerprint density at radius 2 is 1.86 bits per heavy atom. The molecule has 112 valence electrons. The number of hydrogen-bond donors (Lipinski definition) is 0. The Morgan fingerprint density at radius 1 is 1.14 bits per heavy atom. The minimum atomic E-state index is 0.0978. The van der Waals surface area contributed by atoms with E-state index >= 15 is 0 Å². The highest BCUT2D eigenvalue weighted by molar-refractivity contribution is 7.14. The van der Waals surface area contributed by atoms with Gasteiger partial charge in [0.15, 0.2) is 5.01 Å². The molecule has 2 aromatic rings. The van der Waals surface area contributed by atoms with Crippen LogP contribution in [0.1, 0.15) is 45.1 Å². The zero-order valence-corrected chi connectivity index (χ0v) is 13.4. The topological polar surface area (TPSA) is 33.2 Å². The van der Waals surface area contributed by atoms with Crippen molar-refractivity contribution < 1.29 is 4.79 Å². The number of rotatable bonds is 1. The first-order chi connectivity index (χ1) is 10.7. The molecule has 0 atom stereocenters. The molecule has 0 spiro atoms. The lowest BCUT2D eigenvalue weighted by Gasteiger charge is -2.25.